The van der Waals surface area contributed by atoms with Crippen molar-refractivity contribution in [3.05, 3.63) is 59.1 Å². The molecule has 2 aromatic rings. The number of nitrogens with one attached hydrogen (secondary N) is 1. The van der Waals surface area contributed by atoms with E-state index in [1.165, 1.54) is 31.4 Å². The minimum absolute atomic E-state index is 0.346. The first kappa shape index (κ1) is 19.3. The third kappa shape index (κ3) is 6.10. The van der Waals surface area contributed by atoms with Crippen molar-refractivity contribution in [3.8, 4) is 5.75 Å². The summed E-state index contributed by atoms with van der Waals surface area (Å²) in [4.78, 5) is 34.7. The molecule has 2 aromatic carbocycles. The number of halogens is 1. The highest BCUT2D eigenvalue weighted by Gasteiger charge is 2.10. The van der Waals surface area contributed by atoms with E-state index in [1.54, 1.807) is 24.3 Å². The summed E-state index contributed by atoms with van der Waals surface area (Å²) in [6.45, 7) is -0.808. The molecule has 0 spiro atoms. The zero-order valence-corrected chi connectivity index (χ0v) is 14.6. The van der Waals surface area contributed by atoms with Crippen LogP contribution in [0.4, 0.5) is 5.69 Å². The van der Waals surface area contributed by atoms with Crippen molar-refractivity contribution in [2.45, 2.75) is 0 Å². The van der Waals surface area contributed by atoms with Gasteiger partial charge in [-0.1, -0.05) is 17.7 Å². The maximum absolute atomic E-state index is 11.8. The van der Waals surface area contributed by atoms with Crippen LogP contribution in [0, 0.1) is 0 Å². The molecule has 136 valence electrons. The molecule has 2 rings (SSSR count). The standard InChI is InChI=1S/C18H16ClNO6/c1-24-18(23)12-5-7-14(8-6-12)20-16(21)10-26-17(22)11-25-15-4-2-3-13(19)9-15/h2-9H,10-11H2,1H3,(H,20,21). The lowest BCUT2D eigenvalue weighted by molar-refractivity contribution is -0.149. The number of amides is 1. The van der Waals surface area contributed by atoms with Gasteiger partial charge in [-0.15, -0.1) is 0 Å². The Balaban J connectivity index is 1.74. The lowest BCUT2D eigenvalue weighted by atomic mass is 10.2. The van der Waals surface area contributed by atoms with Crippen molar-refractivity contribution in [1.29, 1.82) is 0 Å². The molecule has 0 atom stereocenters. The second-order valence-electron chi connectivity index (χ2n) is 5.02. The summed E-state index contributed by atoms with van der Waals surface area (Å²) < 4.78 is 14.6. The maximum Gasteiger partial charge on any atom is 0.344 e. The smallest absolute Gasteiger partial charge is 0.344 e. The Kier molecular flexibility index (Phi) is 6.99. The van der Waals surface area contributed by atoms with Gasteiger partial charge in [-0.25, -0.2) is 9.59 Å². The SMILES string of the molecule is COC(=O)c1ccc(NC(=O)COC(=O)COc2cccc(Cl)c2)cc1. The van der Waals surface area contributed by atoms with Gasteiger partial charge in [0.2, 0.25) is 0 Å². The summed E-state index contributed by atoms with van der Waals surface area (Å²) in [5.41, 5.74) is 0.809. The lowest BCUT2D eigenvalue weighted by Crippen LogP contribution is -2.23. The number of ether oxygens (including phenoxy) is 3. The minimum Gasteiger partial charge on any atom is -0.482 e. The van der Waals surface area contributed by atoms with Gasteiger partial charge in [0, 0.05) is 10.7 Å². The van der Waals surface area contributed by atoms with Crippen molar-refractivity contribution in [3.63, 3.8) is 0 Å². The first-order valence-electron chi connectivity index (χ1n) is 7.50. The third-order valence-corrected chi connectivity index (χ3v) is 3.34. The van der Waals surface area contributed by atoms with Crippen molar-refractivity contribution in [2.75, 3.05) is 25.6 Å². The summed E-state index contributed by atoms with van der Waals surface area (Å²) in [7, 11) is 1.28. The van der Waals surface area contributed by atoms with Gasteiger partial charge < -0.3 is 19.5 Å². The first-order valence-corrected chi connectivity index (χ1v) is 7.88. The van der Waals surface area contributed by atoms with Crippen LogP contribution in [0.5, 0.6) is 5.75 Å². The Morgan fingerprint density at radius 2 is 1.77 bits per heavy atom. The number of hydrogen-bond acceptors (Lipinski definition) is 6. The molecule has 0 bridgehead atoms. The molecule has 0 aliphatic rings. The molecular weight excluding hydrogens is 362 g/mol. The van der Waals surface area contributed by atoms with Gasteiger partial charge in [0.25, 0.3) is 5.91 Å². The Hall–Kier alpha value is -3.06. The van der Waals surface area contributed by atoms with Gasteiger partial charge in [-0.05, 0) is 42.5 Å². The molecule has 0 aromatic heterocycles. The van der Waals surface area contributed by atoms with E-state index in [-0.39, 0.29) is 6.61 Å². The molecule has 0 heterocycles. The van der Waals surface area contributed by atoms with Gasteiger partial charge in [0.1, 0.15) is 5.75 Å². The number of anilines is 1. The summed E-state index contributed by atoms with van der Waals surface area (Å²) >= 11 is 5.80. The van der Waals surface area contributed by atoms with Crippen LogP contribution in [0.25, 0.3) is 0 Å². The molecule has 0 radical (unpaired) electrons. The Morgan fingerprint density at radius 1 is 1.04 bits per heavy atom. The van der Waals surface area contributed by atoms with Crippen LogP contribution in [0.1, 0.15) is 10.4 Å². The van der Waals surface area contributed by atoms with E-state index in [9.17, 15) is 14.4 Å². The average molecular weight is 378 g/mol. The van der Waals surface area contributed by atoms with Crippen molar-refractivity contribution in [1.82, 2.24) is 0 Å². The summed E-state index contributed by atoms with van der Waals surface area (Å²) in [5, 5.41) is 3.02. The molecule has 0 fully saturated rings. The lowest BCUT2D eigenvalue weighted by Gasteiger charge is -2.08. The fourth-order valence-corrected chi connectivity index (χ4v) is 2.07. The molecule has 1 amide bonds. The molecule has 1 N–H and O–H groups in total. The van der Waals surface area contributed by atoms with E-state index in [4.69, 9.17) is 21.1 Å². The largest absolute Gasteiger partial charge is 0.482 e. The number of esters is 2. The summed E-state index contributed by atoms with van der Waals surface area (Å²) in [5.74, 6) is -1.27. The Bertz CT molecular complexity index is 791. The zero-order chi connectivity index (χ0) is 18.9. The molecule has 0 aliphatic carbocycles. The van der Waals surface area contributed by atoms with Gasteiger partial charge >= 0.3 is 11.9 Å². The Morgan fingerprint density at radius 3 is 2.42 bits per heavy atom. The van der Waals surface area contributed by atoms with Gasteiger partial charge in [-0.3, -0.25) is 4.79 Å². The topological polar surface area (TPSA) is 90.9 Å². The fraction of sp³-hybridized carbons (Fsp3) is 0.167. The van der Waals surface area contributed by atoms with E-state index in [2.05, 4.69) is 10.1 Å². The van der Waals surface area contributed by atoms with Crippen LogP contribution >= 0.6 is 11.6 Å². The molecular formula is C18H16ClNO6. The van der Waals surface area contributed by atoms with Crippen molar-refractivity contribution in [2.24, 2.45) is 0 Å². The molecule has 8 heteroatoms. The van der Waals surface area contributed by atoms with Crippen LogP contribution in [0.2, 0.25) is 5.02 Å². The number of methoxy groups -OCH3 is 1. The normalized spacial score (nSPS) is 9.92. The van der Waals surface area contributed by atoms with Crippen LogP contribution < -0.4 is 10.1 Å². The number of carbonyl (C=O) groups excluding carboxylic acids is 3. The maximum atomic E-state index is 11.8. The number of hydrogen-bond donors (Lipinski definition) is 1. The predicted molar refractivity (Wildman–Crippen MR) is 94.3 cm³/mol. The van der Waals surface area contributed by atoms with Gasteiger partial charge in [0.05, 0.1) is 12.7 Å². The van der Waals surface area contributed by atoms with E-state index in [0.29, 0.717) is 22.0 Å². The van der Waals surface area contributed by atoms with Gasteiger partial charge in [-0.2, -0.15) is 0 Å². The minimum atomic E-state index is -0.693. The fourth-order valence-electron chi connectivity index (χ4n) is 1.89. The molecule has 0 saturated carbocycles. The molecule has 26 heavy (non-hydrogen) atoms. The highest BCUT2D eigenvalue weighted by Crippen LogP contribution is 2.17. The second kappa shape index (κ2) is 9.43. The molecule has 7 nitrogen and oxygen atoms in total. The van der Waals surface area contributed by atoms with E-state index in [0.717, 1.165) is 0 Å². The van der Waals surface area contributed by atoms with Gasteiger partial charge in [0.15, 0.2) is 13.2 Å². The van der Waals surface area contributed by atoms with Crippen molar-refractivity contribution >= 4 is 35.1 Å². The van der Waals surface area contributed by atoms with Crippen LogP contribution in [0.3, 0.4) is 0 Å². The van der Waals surface area contributed by atoms with Crippen LogP contribution in [-0.4, -0.2) is 38.2 Å². The quantitative estimate of drug-likeness (QED) is 0.746. The zero-order valence-electron chi connectivity index (χ0n) is 13.9. The summed E-state index contributed by atoms with van der Waals surface area (Å²) in [6.07, 6.45) is 0. The highest BCUT2D eigenvalue weighted by molar-refractivity contribution is 6.30. The molecule has 0 unspecified atom stereocenters. The number of benzene rings is 2. The number of rotatable bonds is 7. The summed E-state index contributed by atoms with van der Waals surface area (Å²) in [6, 6.07) is 12.6. The third-order valence-electron chi connectivity index (χ3n) is 3.11. The Labute approximate surface area is 154 Å². The van der Waals surface area contributed by atoms with E-state index >= 15 is 0 Å². The number of carbonyl (C=O) groups is 3. The second-order valence-corrected chi connectivity index (χ2v) is 5.46. The van der Waals surface area contributed by atoms with Crippen molar-refractivity contribution < 1.29 is 28.6 Å². The van der Waals surface area contributed by atoms with Crippen LogP contribution in [-0.2, 0) is 19.1 Å². The van der Waals surface area contributed by atoms with E-state index < -0.39 is 24.5 Å². The highest BCUT2D eigenvalue weighted by atomic mass is 35.5. The molecule has 0 saturated heterocycles. The monoisotopic (exact) mass is 377 g/mol. The molecule has 0 aliphatic heterocycles. The van der Waals surface area contributed by atoms with E-state index in [1.807, 2.05) is 0 Å². The first-order chi connectivity index (χ1) is 12.5. The average Bonchev–Trinajstić information content (AvgIpc) is 2.64. The van der Waals surface area contributed by atoms with Crippen LogP contribution in [0.15, 0.2) is 48.5 Å². The predicted octanol–water partition coefficient (Wildman–Crippen LogP) is 2.69.